The fourth-order valence-electron chi connectivity index (χ4n) is 1.33. The van der Waals surface area contributed by atoms with Crippen molar-refractivity contribution in [2.45, 2.75) is 4.90 Å². The van der Waals surface area contributed by atoms with Gasteiger partial charge in [-0.05, 0) is 35.4 Å². The highest BCUT2D eigenvalue weighted by atomic mass is 35.5. The molecule has 2 aromatic rings. The van der Waals surface area contributed by atoms with E-state index in [1.807, 2.05) is 24.3 Å². The third kappa shape index (κ3) is 2.33. The minimum Gasteiger partial charge on any atom is -0.205 e. The van der Waals surface area contributed by atoms with Gasteiger partial charge in [-0.2, -0.15) is 0 Å². The summed E-state index contributed by atoms with van der Waals surface area (Å²) >= 11 is 9.90. The molecule has 15 heavy (non-hydrogen) atoms. The monoisotopic (exact) mass is 238 g/mol. The van der Waals surface area contributed by atoms with Crippen LogP contribution in [0, 0.1) is 5.82 Å². The highest BCUT2D eigenvalue weighted by Crippen LogP contribution is 2.25. The standard InChI is InChI=1S/C12H8ClFS/c13-11-7-9(3-6-12(11)14)8-1-4-10(15)5-2-8/h1-7,15H. The molecule has 3 heteroatoms. The van der Waals surface area contributed by atoms with Crippen molar-refractivity contribution in [3.8, 4) is 11.1 Å². The highest BCUT2D eigenvalue weighted by molar-refractivity contribution is 7.80. The lowest BCUT2D eigenvalue weighted by molar-refractivity contribution is 0.628. The van der Waals surface area contributed by atoms with E-state index in [4.69, 9.17) is 11.6 Å². The van der Waals surface area contributed by atoms with E-state index in [1.54, 1.807) is 12.1 Å². The topological polar surface area (TPSA) is 0 Å². The highest BCUT2D eigenvalue weighted by Gasteiger charge is 2.02. The molecule has 0 atom stereocenters. The van der Waals surface area contributed by atoms with Gasteiger partial charge in [-0.25, -0.2) is 4.39 Å². The van der Waals surface area contributed by atoms with Crippen LogP contribution in [0.15, 0.2) is 47.4 Å². The molecule has 0 aromatic heterocycles. The Kier molecular flexibility index (Phi) is 2.98. The number of hydrogen-bond acceptors (Lipinski definition) is 1. The number of halogens is 2. The average molecular weight is 239 g/mol. The summed E-state index contributed by atoms with van der Waals surface area (Å²) in [7, 11) is 0. The fourth-order valence-corrected chi connectivity index (χ4v) is 1.66. The first kappa shape index (κ1) is 10.5. The van der Waals surface area contributed by atoms with Crippen molar-refractivity contribution in [1.29, 1.82) is 0 Å². The maximum atomic E-state index is 12.9. The van der Waals surface area contributed by atoms with Gasteiger partial charge in [0.2, 0.25) is 0 Å². The van der Waals surface area contributed by atoms with E-state index in [0.717, 1.165) is 16.0 Å². The summed E-state index contributed by atoms with van der Waals surface area (Å²) in [6.45, 7) is 0. The second kappa shape index (κ2) is 4.25. The Morgan fingerprint density at radius 2 is 1.53 bits per heavy atom. The van der Waals surface area contributed by atoms with E-state index in [-0.39, 0.29) is 5.02 Å². The molecule has 0 unspecified atom stereocenters. The zero-order valence-electron chi connectivity index (χ0n) is 7.74. The van der Waals surface area contributed by atoms with Crippen molar-refractivity contribution in [2.75, 3.05) is 0 Å². The molecule has 76 valence electrons. The van der Waals surface area contributed by atoms with Crippen LogP contribution in [0.25, 0.3) is 11.1 Å². The normalized spacial score (nSPS) is 10.3. The molecule has 0 saturated carbocycles. The van der Waals surface area contributed by atoms with Gasteiger partial charge in [0, 0.05) is 4.90 Å². The van der Waals surface area contributed by atoms with Crippen LogP contribution in [0.1, 0.15) is 0 Å². The maximum Gasteiger partial charge on any atom is 0.141 e. The van der Waals surface area contributed by atoms with Gasteiger partial charge in [-0.1, -0.05) is 29.8 Å². The predicted octanol–water partition coefficient (Wildman–Crippen LogP) is 4.43. The number of thiol groups is 1. The molecule has 0 amide bonds. The van der Waals surface area contributed by atoms with Crippen molar-refractivity contribution in [2.24, 2.45) is 0 Å². The van der Waals surface area contributed by atoms with E-state index in [0.29, 0.717) is 0 Å². The largest absolute Gasteiger partial charge is 0.205 e. The van der Waals surface area contributed by atoms with E-state index in [1.165, 1.54) is 6.07 Å². The SMILES string of the molecule is Fc1ccc(-c2ccc(S)cc2)cc1Cl. The van der Waals surface area contributed by atoms with Gasteiger partial charge in [0.25, 0.3) is 0 Å². The van der Waals surface area contributed by atoms with E-state index < -0.39 is 5.82 Å². The Morgan fingerprint density at radius 1 is 0.933 bits per heavy atom. The van der Waals surface area contributed by atoms with E-state index in [2.05, 4.69) is 12.6 Å². The van der Waals surface area contributed by atoms with E-state index >= 15 is 0 Å². The summed E-state index contributed by atoms with van der Waals surface area (Å²) in [6.07, 6.45) is 0. The van der Waals surface area contributed by atoms with Gasteiger partial charge in [0.1, 0.15) is 5.82 Å². The number of rotatable bonds is 1. The first-order chi connectivity index (χ1) is 7.16. The minimum atomic E-state index is -0.397. The first-order valence-corrected chi connectivity index (χ1v) is 5.24. The van der Waals surface area contributed by atoms with Crippen LogP contribution in [0.5, 0.6) is 0 Å². The third-order valence-electron chi connectivity index (χ3n) is 2.12. The smallest absolute Gasteiger partial charge is 0.141 e. The molecule has 0 aliphatic rings. The lowest BCUT2D eigenvalue weighted by Crippen LogP contribution is -1.80. The lowest BCUT2D eigenvalue weighted by atomic mass is 10.1. The van der Waals surface area contributed by atoms with Gasteiger partial charge in [0.15, 0.2) is 0 Å². The molecule has 0 aliphatic carbocycles. The molecule has 0 aliphatic heterocycles. The predicted molar refractivity (Wildman–Crippen MR) is 64.1 cm³/mol. The molecule has 0 bridgehead atoms. The van der Waals surface area contributed by atoms with Crippen LogP contribution in [0.2, 0.25) is 5.02 Å². The Hall–Kier alpha value is -0.990. The summed E-state index contributed by atoms with van der Waals surface area (Å²) in [6, 6.07) is 12.3. The van der Waals surface area contributed by atoms with Crippen LogP contribution in [-0.4, -0.2) is 0 Å². The molecule has 0 saturated heterocycles. The quantitative estimate of drug-likeness (QED) is 0.698. The molecule has 0 radical (unpaired) electrons. The first-order valence-electron chi connectivity index (χ1n) is 4.41. The Labute approximate surface area is 98.1 Å². The molecular weight excluding hydrogens is 231 g/mol. The number of hydrogen-bond donors (Lipinski definition) is 1. The van der Waals surface area contributed by atoms with Gasteiger partial charge in [-0.15, -0.1) is 12.6 Å². The maximum absolute atomic E-state index is 12.9. The third-order valence-corrected chi connectivity index (χ3v) is 2.71. The second-order valence-electron chi connectivity index (χ2n) is 3.18. The van der Waals surface area contributed by atoms with E-state index in [9.17, 15) is 4.39 Å². The van der Waals surface area contributed by atoms with Crippen molar-refractivity contribution < 1.29 is 4.39 Å². The summed E-state index contributed by atoms with van der Waals surface area (Å²) in [4.78, 5) is 0.895. The van der Waals surface area contributed by atoms with Crippen molar-refractivity contribution >= 4 is 24.2 Å². The van der Waals surface area contributed by atoms with Crippen molar-refractivity contribution in [3.05, 3.63) is 53.3 Å². The molecule has 0 spiro atoms. The summed E-state index contributed by atoms with van der Waals surface area (Å²) in [5, 5.41) is 0.141. The van der Waals surface area contributed by atoms with Gasteiger partial charge in [-0.3, -0.25) is 0 Å². The summed E-state index contributed by atoms with van der Waals surface area (Å²) < 4.78 is 12.9. The van der Waals surface area contributed by atoms with Gasteiger partial charge >= 0.3 is 0 Å². The number of benzene rings is 2. The molecule has 0 N–H and O–H groups in total. The van der Waals surface area contributed by atoms with Crippen LogP contribution < -0.4 is 0 Å². The van der Waals surface area contributed by atoms with Gasteiger partial charge in [0.05, 0.1) is 5.02 Å². The summed E-state index contributed by atoms with van der Waals surface area (Å²) in [5.41, 5.74) is 1.89. The van der Waals surface area contributed by atoms with Crippen molar-refractivity contribution in [3.63, 3.8) is 0 Å². The van der Waals surface area contributed by atoms with Crippen LogP contribution >= 0.6 is 24.2 Å². The minimum absolute atomic E-state index is 0.141. The van der Waals surface area contributed by atoms with Crippen LogP contribution in [0.4, 0.5) is 4.39 Å². The lowest BCUT2D eigenvalue weighted by Gasteiger charge is -2.03. The second-order valence-corrected chi connectivity index (χ2v) is 4.10. The van der Waals surface area contributed by atoms with Crippen LogP contribution in [-0.2, 0) is 0 Å². The Balaban J connectivity index is 2.45. The molecule has 0 fully saturated rings. The van der Waals surface area contributed by atoms with Crippen molar-refractivity contribution in [1.82, 2.24) is 0 Å². The molecule has 2 aromatic carbocycles. The fraction of sp³-hybridized carbons (Fsp3) is 0. The Morgan fingerprint density at radius 3 is 2.13 bits per heavy atom. The van der Waals surface area contributed by atoms with Crippen LogP contribution in [0.3, 0.4) is 0 Å². The molecule has 0 heterocycles. The molecule has 0 nitrogen and oxygen atoms in total. The molecular formula is C12H8ClFS. The molecule has 2 rings (SSSR count). The summed E-state index contributed by atoms with van der Waals surface area (Å²) in [5.74, 6) is -0.397. The zero-order chi connectivity index (χ0) is 10.8. The van der Waals surface area contributed by atoms with Gasteiger partial charge < -0.3 is 0 Å². The zero-order valence-corrected chi connectivity index (χ0v) is 9.39. The average Bonchev–Trinajstić information content (AvgIpc) is 2.23. The Bertz CT molecular complexity index is 479.